The Morgan fingerprint density at radius 1 is 1.15 bits per heavy atom. The van der Waals surface area contributed by atoms with Crippen LogP contribution in [0.2, 0.25) is 0 Å². The van der Waals surface area contributed by atoms with E-state index in [9.17, 15) is 4.79 Å². The van der Waals surface area contributed by atoms with Gasteiger partial charge in [0, 0.05) is 12.1 Å². The summed E-state index contributed by atoms with van der Waals surface area (Å²) in [5.41, 5.74) is 9.20. The minimum Gasteiger partial charge on any atom is -0.496 e. The van der Waals surface area contributed by atoms with Gasteiger partial charge in [-0.15, -0.1) is 0 Å². The number of benzene rings is 2. The number of anilines is 1. The number of methoxy groups -OCH3 is 1. The Morgan fingerprint density at radius 3 is 2.50 bits per heavy atom. The second-order valence-electron chi connectivity index (χ2n) is 4.87. The summed E-state index contributed by atoms with van der Waals surface area (Å²) in [7, 11) is 1.58. The van der Waals surface area contributed by atoms with Gasteiger partial charge in [0.2, 0.25) is 0 Å². The lowest BCUT2D eigenvalue weighted by Gasteiger charge is -2.08. The maximum absolute atomic E-state index is 12.3. The molecule has 2 N–H and O–H groups in total. The Hall–Kier alpha value is -2.29. The highest BCUT2D eigenvalue weighted by atomic mass is 16.5. The van der Waals surface area contributed by atoms with E-state index in [4.69, 9.17) is 10.5 Å². The van der Waals surface area contributed by atoms with Gasteiger partial charge in [-0.1, -0.05) is 23.8 Å². The fraction of sp³-hybridized carbons (Fsp3) is 0.235. The summed E-state index contributed by atoms with van der Waals surface area (Å²) in [4.78, 5) is 12.3. The Kier molecular flexibility index (Phi) is 4.41. The highest BCUT2D eigenvalue weighted by molar-refractivity contribution is 5.99. The van der Waals surface area contributed by atoms with Crippen LogP contribution in [0.25, 0.3) is 0 Å². The largest absolute Gasteiger partial charge is 0.496 e. The molecular formula is C17H19NO2. The van der Waals surface area contributed by atoms with E-state index >= 15 is 0 Å². The van der Waals surface area contributed by atoms with E-state index in [0.29, 0.717) is 24.2 Å². The molecule has 0 spiro atoms. The first-order chi connectivity index (χ1) is 9.60. The Bertz CT molecular complexity index is 603. The van der Waals surface area contributed by atoms with Crippen molar-refractivity contribution in [3.05, 3.63) is 59.2 Å². The van der Waals surface area contributed by atoms with Crippen molar-refractivity contribution in [3.8, 4) is 5.75 Å². The molecule has 2 aromatic carbocycles. The average molecular weight is 269 g/mol. The zero-order chi connectivity index (χ0) is 14.5. The van der Waals surface area contributed by atoms with Crippen molar-refractivity contribution in [1.29, 1.82) is 0 Å². The van der Waals surface area contributed by atoms with Crippen molar-refractivity contribution >= 4 is 11.5 Å². The van der Waals surface area contributed by atoms with E-state index < -0.39 is 0 Å². The minimum atomic E-state index is 0.0994. The Morgan fingerprint density at radius 2 is 1.85 bits per heavy atom. The van der Waals surface area contributed by atoms with Crippen molar-refractivity contribution in [2.75, 3.05) is 12.8 Å². The molecule has 0 amide bonds. The molecule has 3 heteroatoms. The molecule has 0 aliphatic heterocycles. The average Bonchev–Trinajstić information content (AvgIpc) is 2.46. The molecule has 0 saturated carbocycles. The standard InChI is InChI=1S/C17H19NO2/c1-12-3-10-17(20-2)15(11-12)16(19)9-6-13-4-7-14(18)8-5-13/h3-5,7-8,10-11H,6,9,18H2,1-2H3. The molecule has 0 aliphatic carbocycles. The lowest BCUT2D eigenvalue weighted by Crippen LogP contribution is -2.04. The number of carbonyl (C=O) groups is 1. The number of hydrogen-bond donors (Lipinski definition) is 1. The molecule has 0 heterocycles. The van der Waals surface area contributed by atoms with Gasteiger partial charge in [0.15, 0.2) is 5.78 Å². The maximum atomic E-state index is 12.3. The van der Waals surface area contributed by atoms with Crippen LogP contribution < -0.4 is 10.5 Å². The predicted octanol–water partition coefficient (Wildman–Crippen LogP) is 3.40. The zero-order valence-corrected chi connectivity index (χ0v) is 11.8. The molecule has 0 atom stereocenters. The molecule has 3 nitrogen and oxygen atoms in total. The van der Waals surface area contributed by atoms with E-state index in [1.54, 1.807) is 7.11 Å². The summed E-state index contributed by atoms with van der Waals surface area (Å²) in [6.07, 6.45) is 1.17. The summed E-state index contributed by atoms with van der Waals surface area (Å²) in [6, 6.07) is 13.3. The number of hydrogen-bond acceptors (Lipinski definition) is 3. The SMILES string of the molecule is COc1ccc(C)cc1C(=O)CCc1ccc(N)cc1. The van der Waals surface area contributed by atoms with Crippen LogP contribution in [0.5, 0.6) is 5.75 Å². The van der Waals surface area contributed by atoms with Crippen molar-refractivity contribution < 1.29 is 9.53 Å². The molecule has 0 radical (unpaired) electrons. The number of ether oxygens (including phenoxy) is 1. The van der Waals surface area contributed by atoms with Crippen LogP contribution in [0.15, 0.2) is 42.5 Å². The third kappa shape index (κ3) is 3.38. The first kappa shape index (κ1) is 14.1. The molecule has 2 rings (SSSR count). The first-order valence-corrected chi connectivity index (χ1v) is 6.62. The predicted molar refractivity (Wildman–Crippen MR) is 81.2 cm³/mol. The zero-order valence-electron chi connectivity index (χ0n) is 11.8. The summed E-state index contributed by atoms with van der Waals surface area (Å²) in [6.45, 7) is 1.97. The molecule has 0 fully saturated rings. The topological polar surface area (TPSA) is 52.3 Å². The Labute approximate surface area is 119 Å². The smallest absolute Gasteiger partial charge is 0.166 e. The number of carbonyl (C=O) groups excluding carboxylic acids is 1. The normalized spacial score (nSPS) is 10.3. The first-order valence-electron chi connectivity index (χ1n) is 6.62. The van der Waals surface area contributed by atoms with Gasteiger partial charge >= 0.3 is 0 Å². The lowest BCUT2D eigenvalue weighted by molar-refractivity contribution is 0.0980. The van der Waals surface area contributed by atoms with Gasteiger partial charge in [0.05, 0.1) is 12.7 Å². The van der Waals surface area contributed by atoms with Gasteiger partial charge in [0.1, 0.15) is 5.75 Å². The summed E-state index contributed by atoms with van der Waals surface area (Å²) in [5, 5.41) is 0. The van der Waals surface area contributed by atoms with Gasteiger partial charge in [-0.2, -0.15) is 0 Å². The number of Topliss-reactive ketones (excluding diaryl/α,β-unsaturated/α-hetero) is 1. The Balaban J connectivity index is 2.08. The van der Waals surface area contributed by atoms with Crippen LogP contribution in [-0.4, -0.2) is 12.9 Å². The number of rotatable bonds is 5. The van der Waals surface area contributed by atoms with Crippen LogP contribution >= 0.6 is 0 Å². The van der Waals surface area contributed by atoms with Gasteiger partial charge in [0.25, 0.3) is 0 Å². The van der Waals surface area contributed by atoms with Crippen LogP contribution in [-0.2, 0) is 6.42 Å². The molecule has 20 heavy (non-hydrogen) atoms. The lowest BCUT2D eigenvalue weighted by atomic mass is 10.0. The van der Waals surface area contributed by atoms with Gasteiger partial charge in [-0.05, 0) is 43.2 Å². The molecule has 0 aliphatic rings. The number of nitrogens with two attached hydrogens (primary N) is 1. The summed E-state index contributed by atoms with van der Waals surface area (Å²) < 4.78 is 5.25. The number of ketones is 1. The van der Waals surface area contributed by atoms with Crippen LogP contribution in [0.4, 0.5) is 5.69 Å². The van der Waals surface area contributed by atoms with Gasteiger partial charge in [-0.3, -0.25) is 4.79 Å². The quantitative estimate of drug-likeness (QED) is 0.668. The van der Waals surface area contributed by atoms with Crippen molar-refractivity contribution in [2.24, 2.45) is 0 Å². The number of aryl methyl sites for hydroxylation is 2. The minimum absolute atomic E-state index is 0.0994. The van der Waals surface area contributed by atoms with Crippen LogP contribution in [0, 0.1) is 6.92 Å². The third-order valence-electron chi connectivity index (χ3n) is 3.28. The molecule has 0 saturated heterocycles. The van der Waals surface area contributed by atoms with Gasteiger partial charge < -0.3 is 10.5 Å². The van der Waals surface area contributed by atoms with E-state index in [2.05, 4.69) is 0 Å². The highest BCUT2D eigenvalue weighted by Gasteiger charge is 2.12. The summed E-state index contributed by atoms with van der Waals surface area (Å²) in [5.74, 6) is 0.736. The second kappa shape index (κ2) is 6.24. The molecule has 2 aromatic rings. The van der Waals surface area contributed by atoms with E-state index in [1.807, 2.05) is 49.4 Å². The van der Waals surface area contributed by atoms with Gasteiger partial charge in [-0.25, -0.2) is 0 Å². The highest BCUT2D eigenvalue weighted by Crippen LogP contribution is 2.22. The molecular weight excluding hydrogens is 250 g/mol. The van der Waals surface area contributed by atoms with E-state index in [1.165, 1.54) is 0 Å². The van der Waals surface area contributed by atoms with Crippen molar-refractivity contribution in [1.82, 2.24) is 0 Å². The fourth-order valence-corrected chi connectivity index (χ4v) is 2.12. The summed E-state index contributed by atoms with van der Waals surface area (Å²) >= 11 is 0. The van der Waals surface area contributed by atoms with Crippen LogP contribution in [0.3, 0.4) is 0 Å². The van der Waals surface area contributed by atoms with Crippen molar-refractivity contribution in [2.45, 2.75) is 19.8 Å². The molecule has 0 unspecified atom stereocenters. The molecule has 104 valence electrons. The monoisotopic (exact) mass is 269 g/mol. The third-order valence-corrected chi connectivity index (χ3v) is 3.28. The fourth-order valence-electron chi connectivity index (χ4n) is 2.12. The maximum Gasteiger partial charge on any atom is 0.166 e. The van der Waals surface area contributed by atoms with E-state index in [-0.39, 0.29) is 5.78 Å². The molecule has 0 bridgehead atoms. The van der Waals surface area contributed by atoms with Crippen molar-refractivity contribution in [3.63, 3.8) is 0 Å². The number of nitrogen functional groups attached to an aromatic ring is 1. The molecule has 0 aromatic heterocycles. The second-order valence-corrected chi connectivity index (χ2v) is 4.87. The van der Waals surface area contributed by atoms with Crippen LogP contribution in [0.1, 0.15) is 27.9 Å². The van der Waals surface area contributed by atoms with E-state index in [0.717, 1.165) is 16.8 Å².